The summed E-state index contributed by atoms with van der Waals surface area (Å²) in [6.07, 6.45) is 3.01. The van der Waals surface area contributed by atoms with Crippen molar-refractivity contribution in [2.75, 3.05) is 13.1 Å². The second-order valence-electron chi connectivity index (χ2n) is 4.09. The van der Waals surface area contributed by atoms with E-state index in [1.54, 1.807) is 13.0 Å². The molecule has 94 valence electrons. The van der Waals surface area contributed by atoms with Gasteiger partial charge in [-0.25, -0.2) is 0 Å². The lowest BCUT2D eigenvalue weighted by Gasteiger charge is -2.07. The summed E-state index contributed by atoms with van der Waals surface area (Å²) in [5, 5.41) is 10.7. The van der Waals surface area contributed by atoms with Crippen LogP contribution in [-0.4, -0.2) is 29.2 Å². The van der Waals surface area contributed by atoms with Crippen LogP contribution in [0.25, 0.3) is 0 Å². The first kappa shape index (κ1) is 13.6. The number of nitrogens with two attached hydrogens (primary N) is 1. The van der Waals surface area contributed by atoms with Gasteiger partial charge in [0.25, 0.3) is 5.91 Å². The monoisotopic (exact) mass is 236 g/mol. The molecule has 0 aliphatic carbocycles. The van der Waals surface area contributed by atoms with Gasteiger partial charge in [0.1, 0.15) is 0 Å². The molecular formula is C12H20N4O. The SMILES string of the molecule is Cc1cc(C(=O)NCCCCCN)c(C)nn1. The molecule has 0 aliphatic rings. The molecule has 5 heteroatoms. The number of aryl methyl sites for hydroxylation is 2. The molecular weight excluding hydrogens is 216 g/mol. The Balaban J connectivity index is 2.44. The van der Waals surface area contributed by atoms with Crippen LogP contribution in [0.1, 0.15) is 41.0 Å². The van der Waals surface area contributed by atoms with Crippen LogP contribution in [0.4, 0.5) is 0 Å². The molecule has 0 fully saturated rings. The zero-order valence-corrected chi connectivity index (χ0v) is 10.5. The largest absolute Gasteiger partial charge is 0.352 e. The average molecular weight is 236 g/mol. The Morgan fingerprint density at radius 3 is 2.76 bits per heavy atom. The Bertz CT molecular complexity index is 379. The third kappa shape index (κ3) is 4.48. The van der Waals surface area contributed by atoms with Gasteiger partial charge in [-0.1, -0.05) is 6.42 Å². The molecule has 0 atom stereocenters. The molecule has 1 aromatic heterocycles. The summed E-state index contributed by atoms with van der Waals surface area (Å²) in [6, 6.07) is 1.76. The minimum atomic E-state index is -0.0757. The summed E-state index contributed by atoms with van der Waals surface area (Å²) in [5.41, 5.74) is 7.42. The predicted octanol–water partition coefficient (Wildman–Crippen LogP) is 0.952. The number of aromatic nitrogens is 2. The third-order valence-corrected chi connectivity index (χ3v) is 2.51. The van der Waals surface area contributed by atoms with E-state index in [4.69, 9.17) is 5.73 Å². The molecule has 0 bridgehead atoms. The Labute approximate surface area is 102 Å². The van der Waals surface area contributed by atoms with Crippen molar-refractivity contribution in [1.82, 2.24) is 15.5 Å². The molecule has 0 spiro atoms. The van der Waals surface area contributed by atoms with Crippen molar-refractivity contribution in [3.63, 3.8) is 0 Å². The third-order valence-electron chi connectivity index (χ3n) is 2.51. The molecule has 1 heterocycles. The number of nitrogens with zero attached hydrogens (tertiary/aromatic N) is 2. The van der Waals surface area contributed by atoms with Gasteiger partial charge in [-0.2, -0.15) is 10.2 Å². The number of amides is 1. The van der Waals surface area contributed by atoms with Crippen LogP contribution >= 0.6 is 0 Å². The number of carbonyl (C=O) groups excluding carboxylic acids is 1. The Kier molecular flexibility index (Phi) is 5.56. The standard InChI is InChI=1S/C12H20N4O/c1-9-8-11(10(2)16-15-9)12(17)14-7-5-3-4-6-13/h8H,3-7,13H2,1-2H3,(H,14,17). The molecule has 5 nitrogen and oxygen atoms in total. The van der Waals surface area contributed by atoms with E-state index in [-0.39, 0.29) is 5.91 Å². The van der Waals surface area contributed by atoms with Crippen LogP contribution in [0.15, 0.2) is 6.07 Å². The lowest BCUT2D eigenvalue weighted by Crippen LogP contribution is -2.26. The molecule has 17 heavy (non-hydrogen) atoms. The highest BCUT2D eigenvalue weighted by Gasteiger charge is 2.09. The van der Waals surface area contributed by atoms with Gasteiger partial charge in [-0.3, -0.25) is 4.79 Å². The maximum Gasteiger partial charge on any atom is 0.253 e. The first-order valence-electron chi connectivity index (χ1n) is 5.94. The van der Waals surface area contributed by atoms with Crippen molar-refractivity contribution in [3.8, 4) is 0 Å². The Morgan fingerprint density at radius 1 is 1.29 bits per heavy atom. The Morgan fingerprint density at radius 2 is 2.06 bits per heavy atom. The van der Waals surface area contributed by atoms with Crippen LogP contribution in [0.2, 0.25) is 0 Å². The van der Waals surface area contributed by atoms with Crippen LogP contribution in [-0.2, 0) is 0 Å². The van der Waals surface area contributed by atoms with Crippen LogP contribution in [0, 0.1) is 13.8 Å². The zero-order valence-electron chi connectivity index (χ0n) is 10.5. The minimum Gasteiger partial charge on any atom is -0.352 e. The molecule has 0 saturated heterocycles. The van der Waals surface area contributed by atoms with Gasteiger partial charge >= 0.3 is 0 Å². The zero-order chi connectivity index (χ0) is 12.7. The number of unbranched alkanes of at least 4 members (excludes halogenated alkanes) is 2. The summed E-state index contributed by atoms with van der Waals surface area (Å²) in [6.45, 7) is 5.00. The van der Waals surface area contributed by atoms with E-state index in [1.807, 2.05) is 6.92 Å². The minimum absolute atomic E-state index is 0.0757. The maximum atomic E-state index is 11.8. The number of hydrogen-bond acceptors (Lipinski definition) is 4. The Hall–Kier alpha value is -1.49. The molecule has 3 N–H and O–H groups in total. The fraction of sp³-hybridized carbons (Fsp3) is 0.583. The van der Waals surface area contributed by atoms with Crippen molar-refractivity contribution in [2.45, 2.75) is 33.1 Å². The molecule has 1 amide bonds. The van der Waals surface area contributed by atoms with Gasteiger partial charge in [-0.15, -0.1) is 0 Å². The van der Waals surface area contributed by atoms with Gasteiger partial charge < -0.3 is 11.1 Å². The van der Waals surface area contributed by atoms with E-state index >= 15 is 0 Å². The lowest BCUT2D eigenvalue weighted by atomic mass is 10.2. The van der Waals surface area contributed by atoms with Gasteiger partial charge in [0.15, 0.2) is 0 Å². The van der Waals surface area contributed by atoms with E-state index < -0.39 is 0 Å². The maximum absolute atomic E-state index is 11.8. The van der Waals surface area contributed by atoms with Crippen LogP contribution in [0.5, 0.6) is 0 Å². The smallest absolute Gasteiger partial charge is 0.253 e. The number of hydrogen-bond donors (Lipinski definition) is 2. The average Bonchev–Trinajstić information content (AvgIpc) is 2.32. The summed E-state index contributed by atoms with van der Waals surface area (Å²) in [4.78, 5) is 11.8. The first-order valence-corrected chi connectivity index (χ1v) is 5.94. The highest BCUT2D eigenvalue weighted by molar-refractivity contribution is 5.95. The summed E-state index contributed by atoms with van der Waals surface area (Å²) in [7, 11) is 0. The van der Waals surface area contributed by atoms with Crippen molar-refractivity contribution >= 4 is 5.91 Å². The predicted molar refractivity (Wildman–Crippen MR) is 66.7 cm³/mol. The summed E-state index contributed by atoms with van der Waals surface area (Å²) < 4.78 is 0. The number of carbonyl (C=O) groups is 1. The van der Waals surface area contributed by atoms with Crippen LogP contribution < -0.4 is 11.1 Å². The summed E-state index contributed by atoms with van der Waals surface area (Å²) in [5.74, 6) is -0.0757. The quantitative estimate of drug-likeness (QED) is 0.721. The van der Waals surface area contributed by atoms with E-state index in [2.05, 4.69) is 15.5 Å². The molecule has 0 unspecified atom stereocenters. The van der Waals surface area contributed by atoms with Crippen molar-refractivity contribution in [3.05, 3.63) is 23.0 Å². The van der Waals surface area contributed by atoms with E-state index in [0.29, 0.717) is 24.3 Å². The van der Waals surface area contributed by atoms with Gasteiger partial charge in [0.05, 0.1) is 17.0 Å². The fourth-order valence-corrected chi connectivity index (χ4v) is 1.52. The molecule has 1 rings (SSSR count). The molecule has 1 aromatic rings. The van der Waals surface area contributed by atoms with Crippen molar-refractivity contribution < 1.29 is 4.79 Å². The topological polar surface area (TPSA) is 80.9 Å². The lowest BCUT2D eigenvalue weighted by molar-refractivity contribution is 0.0951. The normalized spacial score (nSPS) is 10.3. The van der Waals surface area contributed by atoms with E-state index in [9.17, 15) is 4.79 Å². The fourth-order valence-electron chi connectivity index (χ4n) is 1.52. The highest BCUT2D eigenvalue weighted by Crippen LogP contribution is 2.05. The van der Waals surface area contributed by atoms with E-state index in [1.165, 1.54) is 0 Å². The summed E-state index contributed by atoms with van der Waals surface area (Å²) >= 11 is 0. The molecule has 0 radical (unpaired) electrons. The number of rotatable bonds is 6. The molecule has 0 aromatic carbocycles. The molecule has 0 saturated carbocycles. The van der Waals surface area contributed by atoms with Gasteiger partial charge in [0, 0.05) is 6.54 Å². The van der Waals surface area contributed by atoms with Crippen molar-refractivity contribution in [2.24, 2.45) is 5.73 Å². The second-order valence-corrected chi connectivity index (χ2v) is 4.09. The first-order chi connectivity index (χ1) is 8.15. The van der Waals surface area contributed by atoms with Crippen LogP contribution in [0.3, 0.4) is 0 Å². The van der Waals surface area contributed by atoms with Crippen molar-refractivity contribution in [1.29, 1.82) is 0 Å². The number of nitrogens with one attached hydrogen (secondary N) is 1. The van der Waals surface area contributed by atoms with E-state index in [0.717, 1.165) is 25.0 Å². The molecule has 0 aliphatic heterocycles. The highest BCUT2D eigenvalue weighted by atomic mass is 16.1. The van der Waals surface area contributed by atoms with Gasteiger partial charge in [-0.05, 0) is 39.3 Å². The van der Waals surface area contributed by atoms with Gasteiger partial charge in [0.2, 0.25) is 0 Å². The second kappa shape index (κ2) is 6.96.